The molecule has 15 heavy (non-hydrogen) atoms. The van der Waals surface area contributed by atoms with Crippen LogP contribution in [-0.2, 0) is 6.42 Å². The summed E-state index contributed by atoms with van der Waals surface area (Å²) in [7, 11) is 1.72. The lowest BCUT2D eigenvalue weighted by Gasteiger charge is -2.22. The van der Waals surface area contributed by atoms with Crippen molar-refractivity contribution in [1.82, 2.24) is 5.32 Å². The molecule has 0 radical (unpaired) electrons. The van der Waals surface area contributed by atoms with Crippen LogP contribution in [0.5, 0.6) is 5.75 Å². The summed E-state index contributed by atoms with van der Waals surface area (Å²) in [5.74, 6) is 1.77. The summed E-state index contributed by atoms with van der Waals surface area (Å²) in [4.78, 5) is 0. The first kappa shape index (κ1) is 10.5. The maximum atomic E-state index is 5.23. The molecule has 1 aromatic rings. The Morgan fingerprint density at radius 3 is 3.13 bits per heavy atom. The molecule has 0 saturated carbocycles. The van der Waals surface area contributed by atoms with Gasteiger partial charge >= 0.3 is 0 Å². The van der Waals surface area contributed by atoms with Gasteiger partial charge in [0.25, 0.3) is 0 Å². The second-order valence-corrected chi connectivity index (χ2v) is 4.27. The first-order valence-electron chi connectivity index (χ1n) is 5.72. The highest BCUT2D eigenvalue weighted by atomic mass is 16.5. The summed E-state index contributed by atoms with van der Waals surface area (Å²) in [6, 6.07) is 8.42. The molecule has 2 rings (SSSR count). The van der Waals surface area contributed by atoms with Crippen LogP contribution in [-0.4, -0.2) is 20.2 Å². The smallest absolute Gasteiger partial charge is 0.119 e. The minimum absolute atomic E-state index is 0.797. The lowest BCUT2D eigenvalue weighted by Crippen LogP contribution is -2.30. The third-order valence-corrected chi connectivity index (χ3v) is 3.06. The van der Waals surface area contributed by atoms with Crippen molar-refractivity contribution in [2.45, 2.75) is 19.3 Å². The van der Waals surface area contributed by atoms with E-state index in [0.717, 1.165) is 18.2 Å². The van der Waals surface area contributed by atoms with Gasteiger partial charge in [-0.1, -0.05) is 12.1 Å². The molecule has 2 heteroatoms. The van der Waals surface area contributed by atoms with E-state index in [9.17, 15) is 0 Å². The number of benzene rings is 1. The average molecular weight is 205 g/mol. The molecule has 2 nitrogen and oxygen atoms in total. The monoisotopic (exact) mass is 205 g/mol. The zero-order valence-electron chi connectivity index (χ0n) is 9.33. The summed E-state index contributed by atoms with van der Waals surface area (Å²) in [5, 5.41) is 3.45. The van der Waals surface area contributed by atoms with Crippen LogP contribution in [0.3, 0.4) is 0 Å². The zero-order chi connectivity index (χ0) is 10.5. The molecule has 1 saturated heterocycles. The maximum Gasteiger partial charge on any atom is 0.119 e. The maximum absolute atomic E-state index is 5.23. The normalized spacial score (nSPS) is 21.3. The van der Waals surface area contributed by atoms with E-state index in [2.05, 4.69) is 23.5 Å². The minimum Gasteiger partial charge on any atom is -0.497 e. The molecule has 1 atom stereocenters. The Morgan fingerprint density at radius 1 is 1.47 bits per heavy atom. The van der Waals surface area contributed by atoms with E-state index in [1.165, 1.54) is 31.4 Å². The predicted molar refractivity (Wildman–Crippen MR) is 62.3 cm³/mol. The van der Waals surface area contributed by atoms with Gasteiger partial charge in [0.05, 0.1) is 7.11 Å². The highest BCUT2D eigenvalue weighted by molar-refractivity contribution is 5.28. The van der Waals surface area contributed by atoms with Crippen LogP contribution in [0.2, 0.25) is 0 Å². The fourth-order valence-electron chi connectivity index (χ4n) is 2.23. The van der Waals surface area contributed by atoms with Gasteiger partial charge in [0, 0.05) is 0 Å². The predicted octanol–water partition coefficient (Wildman–Crippen LogP) is 2.24. The van der Waals surface area contributed by atoms with E-state index in [1.807, 2.05) is 6.07 Å². The largest absolute Gasteiger partial charge is 0.497 e. The Hall–Kier alpha value is -1.02. The second kappa shape index (κ2) is 5.17. The average Bonchev–Trinajstić information content (AvgIpc) is 2.31. The topological polar surface area (TPSA) is 21.3 Å². The van der Waals surface area contributed by atoms with E-state index < -0.39 is 0 Å². The molecule has 0 amide bonds. The highest BCUT2D eigenvalue weighted by Gasteiger charge is 2.13. The Labute approximate surface area is 91.6 Å². The van der Waals surface area contributed by atoms with Gasteiger partial charge < -0.3 is 10.1 Å². The number of ether oxygens (including phenoxy) is 1. The fourth-order valence-corrected chi connectivity index (χ4v) is 2.23. The second-order valence-electron chi connectivity index (χ2n) is 4.27. The van der Waals surface area contributed by atoms with Crippen LogP contribution in [0.1, 0.15) is 18.4 Å². The highest BCUT2D eigenvalue weighted by Crippen LogP contribution is 2.19. The summed E-state index contributed by atoms with van der Waals surface area (Å²) in [6.45, 7) is 2.35. The van der Waals surface area contributed by atoms with E-state index in [4.69, 9.17) is 4.74 Å². The van der Waals surface area contributed by atoms with Gasteiger partial charge in [-0.3, -0.25) is 0 Å². The summed E-state index contributed by atoms with van der Waals surface area (Å²) >= 11 is 0. The van der Waals surface area contributed by atoms with Crippen LogP contribution >= 0.6 is 0 Å². The molecule has 0 aliphatic carbocycles. The van der Waals surface area contributed by atoms with Gasteiger partial charge in [-0.2, -0.15) is 0 Å². The molecular weight excluding hydrogens is 186 g/mol. The Bertz CT molecular complexity index is 305. The SMILES string of the molecule is COc1cccc(C[C@H]2CCCNC2)c1. The minimum atomic E-state index is 0.797. The van der Waals surface area contributed by atoms with Crippen LogP contribution in [0.25, 0.3) is 0 Å². The third-order valence-electron chi connectivity index (χ3n) is 3.06. The third kappa shape index (κ3) is 2.96. The van der Waals surface area contributed by atoms with Gasteiger partial charge in [0.2, 0.25) is 0 Å². The van der Waals surface area contributed by atoms with Crippen molar-refractivity contribution in [1.29, 1.82) is 0 Å². The number of piperidine rings is 1. The number of methoxy groups -OCH3 is 1. The Balaban J connectivity index is 1.96. The standard InChI is InChI=1S/C13H19NO/c1-15-13-6-2-4-11(9-13)8-12-5-3-7-14-10-12/h2,4,6,9,12,14H,3,5,7-8,10H2,1H3/t12-/m1/s1. The van der Waals surface area contributed by atoms with Crippen molar-refractivity contribution in [2.24, 2.45) is 5.92 Å². The van der Waals surface area contributed by atoms with E-state index in [-0.39, 0.29) is 0 Å². The molecule has 0 aromatic heterocycles. The first-order chi connectivity index (χ1) is 7.38. The summed E-state index contributed by atoms with van der Waals surface area (Å²) < 4.78 is 5.23. The van der Waals surface area contributed by atoms with Crippen molar-refractivity contribution in [3.05, 3.63) is 29.8 Å². The molecule has 1 aliphatic rings. The van der Waals surface area contributed by atoms with Crippen molar-refractivity contribution < 1.29 is 4.74 Å². The van der Waals surface area contributed by atoms with Gasteiger partial charge in [-0.05, 0) is 56.0 Å². The molecule has 1 aromatic carbocycles. The van der Waals surface area contributed by atoms with Crippen molar-refractivity contribution in [2.75, 3.05) is 20.2 Å². The molecule has 1 fully saturated rings. The first-order valence-corrected chi connectivity index (χ1v) is 5.72. The lowest BCUT2D eigenvalue weighted by molar-refractivity contribution is 0.374. The molecule has 0 spiro atoms. The molecule has 1 heterocycles. The summed E-state index contributed by atoms with van der Waals surface area (Å²) in [5.41, 5.74) is 1.39. The fraction of sp³-hybridized carbons (Fsp3) is 0.538. The number of rotatable bonds is 3. The van der Waals surface area contributed by atoms with Crippen LogP contribution in [0.15, 0.2) is 24.3 Å². The van der Waals surface area contributed by atoms with Gasteiger partial charge in [0.1, 0.15) is 5.75 Å². The molecule has 0 bridgehead atoms. The van der Waals surface area contributed by atoms with Gasteiger partial charge in [0.15, 0.2) is 0 Å². The molecule has 82 valence electrons. The van der Waals surface area contributed by atoms with Crippen molar-refractivity contribution in [3.63, 3.8) is 0 Å². The van der Waals surface area contributed by atoms with E-state index >= 15 is 0 Å². The van der Waals surface area contributed by atoms with Crippen molar-refractivity contribution >= 4 is 0 Å². The number of hydrogen-bond acceptors (Lipinski definition) is 2. The molecule has 1 aliphatic heterocycles. The molecule has 0 unspecified atom stereocenters. The van der Waals surface area contributed by atoms with Gasteiger partial charge in [-0.25, -0.2) is 0 Å². The number of hydrogen-bond donors (Lipinski definition) is 1. The van der Waals surface area contributed by atoms with Gasteiger partial charge in [-0.15, -0.1) is 0 Å². The van der Waals surface area contributed by atoms with E-state index in [1.54, 1.807) is 7.11 Å². The van der Waals surface area contributed by atoms with Crippen molar-refractivity contribution in [3.8, 4) is 5.75 Å². The lowest BCUT2D eigenvalue weighted by atomic mass is 9.92. The van der Waals surface area contributed by atoms with Crippen LogP contribution < -0.4 is 10.1 Å². The zero-order valence-corrected chi connectivity index (χ0v) is 9.33. The van der Waals surface area contributed by atoms with Crippen LogP contribution in [0, 0.1) is 5.92 Å². The Morgan fingerprint density at radius 2 is 2.40 bits per heavy atom. The van der Waals surface area contributed by atoms with E-state index in [0.29, 0.717) is 0 Å². The number of nitrogens with one attached hydrogen (secondary N) is 1. The van der Waals surface area contributed by atoms with Crippen LogP contribution in [0.4, 0.5) is 0 Å². The summed E-state index contributed by atoms with van der Waals surface area (Å²) in [6.07, 6.45) is 3.84. The molecule has 1 N–H and O–H groups in total. The molecular formula is C13H19NO. The quantitative estimate of drug-likeness (QED) is 0.817. The Kier molecular flexibility index (Phi) is 3.62.